The Kier molecular flexibility index (Phi) is 5.38. The van der Waals surface area contributed by atoms with Crippen molar-refractivity contribution in [2.45, 2.75) is 71.1 Å². The fourth-order valence-electron chi connectivity index (χ4n) is 4.69. The maximum Gasteiger partial charge on any atom is 0.217 e. The van der Waals surface area contributed by atoms with Crippen LogP contribution in [0.1, 0.15) is 65.0 Å². The molecular weight excluding hydrogens is 314 g/mol. The Labute approximate surface area is 151 Å². The van der Waals surface area contributed by atoms with E-state index in [0.717, 1.165) is 30.6 Å². The van der Waals surface area contributed by atoms with E-state index in [4.69, 9.17) is 9.47 Å². The van der Waals surface area contributed by atoms with Crippen molar-refractivity contribution in [1.82, 2.24) is 5.32 Å². The minimum atomic E-state index is -0.210. The van der Waals surface area contributed by atoms with E-state index in [-0.39, 0.29) is 23.7 Å². The highest BCUT2D eigenvalue weighted by atomic mass is 16.5. The lowest BCUT2D eigenvalue weighted by Gasteiger charge is -2.52. The summed E-state index contributed by atoms with van der Waals surface area (Å²) in [5.74, 6) is 2.01. The second kappa shape index (κ2) is 7.36. The van der Waals surface area contributed by atoms with Crippen LogP contribution in [0.15, 0.2) is 24.3 Å². The Hall–Kier alpha value is -1.55. The van der Waals surface area contributed by atoms with Gasteiger partial charge >= 0.3 is 0 Å². The van der Waals surface area contributed by atoms with Crippen molar-refractivity contribution in [2.24, 2.45) is 11.8 Å². The quantitative estimate of drug-likeness (QED) is 0.887. The van der Waals surface area contributed by atoms with Crippen LogP contribution in [-0.2, 0) is 9.53 Å². The van der Waals surface area contributed by atoms with Gasteiger partial charge in [-0.3, -0.25) is 4.79 Å². The van der Waals surface area contributed by atoms with Gasteiger partial charge in [0.05, 0.1) is 18.8 Å². The van der Waals surface area contributed by atoms with E-state index in [2.05, 4.69) is 31.3 Å². The van der Waals surface area contributed by atoms with Crippen molar-refractivity contribution in [2.75, 3.05) is 6.61 Å². The molecule has 0 radical (unpaired) electrons. The summed E-state index contributed by atoms with van der Waals surface area (Å²) in [4.78, 5) is 11.8. The summed E-state index contributed by atoms with van der Waals surface area (Å²) < 4.78 is 12.1. The SMILES string of the molecule is CCOc1ccc([C@H]2C[C@@](C)(NC(C)=O)[C@@H]3CC[C@@H](C)C[C@H]3O2)cc1. The van der Waals surface area contributed by atoms with Gasteiger partial charge in [0, 0.05) is 24.8 Å². The lowest BCUT2D eigenvalue weighted by molar-refractivity contribution is -0.153. The lowest BCUT2D eigenvalue weighted by Crippen LogP contribution is -2.60. The molecule has 2 fully saturated rings. The van der Waals surface area contributed by atoms with E-state index in [9.17, 15) is 4.79 Å². The van der Waals surface area contributed by atoms with Gasteiger partial charge in [0.2, 0.25) is 5.91 Å². The molecular formula is C21H31NO3. The van der Waals surface area contributed by atoms with Crippen LogP contribution < -0.4 is 10.1 Å². The molecule has 1 saturated heterocycles. The van der Waals surface area contributed by atoms with Gasteiger partial charge in [0.25, 0.3) is 0 Å². The predicted molar refractivity (Wildman–Crippen MR) is 98.6 cm³/mol. The van der Waals surface area contributed by atoms with Crippen molar-refractivity contribution in [3.8, 4) is 5.75 Å². The first-order chi connectivity index (χ1) is 11.9. The Morgan fingerprint density at radius 1 is 1.32 bits per heavy atom. The normalized spacial score (nSPS) is 34.9. The summed E-state index contributed by atoms with van der Waals surface area (Å²) in [6, 6.07) is 8.20. The lowest BCUT2D eigenvalue weighted by atomic mass is 9.66. The van der Waals surface area contributed by atoms with Crippen molar-refractivity contribution in [1.29, 1.82) is 0 Å². The Bertz CT molecular complexity index is 600. The molecule has 1 aromatic rings. The van der Waals surface area contributed by atoms with Gasteiger partial charge in [-0.15, -0.1) is 0 Å². The number of carbonyl (C=O) groups excluding carboxylic acids is 1. The second-order valence-corrected chi connectivity index (χ2v) is 7.99. The number of nitrogens with one attached hydrogen (secondary N) is 1. The van der Waals surface area contributed by atoms with Crippen LogP contribution >= 0.6 is 0 Å². The molecule has 0 unspecified atom stereocenters. The zero-order chi connectivity index (χ0) is 18.0. The fourth-order valence-corrected chi connectivity index (χ4v) is 4.69. The molecule has 0 spiro atoms. The van der Waals surface area contributed by atoms with Crippen molar-refractivity contribution in [3.63, 3.8) is 0 Å². The summed E-state index contributed by atoms with van der Waals surface area (Å²) >= 11 is 0. The first-order valence-electron chi connectivity index (χ1n) is 9.58. The summed E-state index contributed by atoms with van der Waals surface area (Å²) in [6.07, 6.45) is 4.46. The van der Waals surface area contributed by atoms with Gasteiger partial charge in [-0.1, -0.05) is 25.5 Å². The van der Waals surface area contributed by atoms with Crippen LogP contribution in [0.25, 0.3) is 0 Å². The van der Waals surface area contributed by atoms with E-state index in [1.54, 1.807) is 6.92 Å². The fraction of sp³-hybridized carbons (Fsp3) is 0.667. The third kappa shape index (κ3) is 4.00. The molecule has 1 N–H and O–H groups in total. The molecule has 2 aliphatic rings. The maximum absolute atomic E-state index is 11.8. The largest absolute Gasteiger partial charge is 0.494 e. The van der Waals surface area contributed by atoms with Crippen LogP contribution in [0, 0.1) is 11.8 Å². The number of hydrogen-bond donors (Lipinski definition) is 1. The number of hydrogen-bond acceptors (Lipinski definition) is 3. The van der Waals surface area contributed by atoms with Gasteiger partial charge in [-0.2, -0.15) is 0 Å². The average Bonchev–Trinajstić information content (AvgIpc) is 2.54. The summed E-state index contributed by atoms with van der Waals surface area (Å²) in [5, 5.41) is 3.26. The highest BCUT2D eigenvalue weighted by molar-refractivity contribution is 5.73. The Morgan fingerprint density at radius 2 is 2.04 bits per heavy atom. The van der Waals surface area contributed by atoms with Gasteiger partial charge in [-0.25, -0.2) is 0 Å². The molecule has 3 rings (SSSR count). The Morgan fingerprint density at radius 3 is 2.68 bits per heavy atom. The van der Waals surface area contributed by atoms with Crippen LogP contribution in [0.5, 0.6) is 5.75 Å². The summed E-state index contributed by atoms with van der Waals surface area (Å²) in [6.45, 7) is 8.78. The van der Waals surface area contributed by atoms with Crippen LogP contribution in [0.4, 0.5) is 0 Å². The number of rotatable bonds is 4. The topological polar surface area (TPSA) is 47.6 Å². The monoisotopic (exact) mass is 345 g/mol. The van der Waals surface area contributed by atoms with E-state index in [1.165, 1.54) is 6.42 Å². The molecule has 1 aliphatic heterocycles. The number of amides is 1. The first-order valence-corrected chi connectivity index (χ1v) is 9.58. The molecule has 0 aromatic heterocycles. The number of ether oxygens (including phenoxy) is 2. The van der Waals surface area contributed by atoms with E-state index in [1.807, 2.05) is 19.1 Å². The molecule has 4 heteroatoms. The first kappa shape index (κ1) is 18.2. The number of carbonyl (C=O) groups is 1. The molecule has 1 aliphatic carbocycles. The van der Waals surface area contributed by atoms with Crippen molar-refractivity contribution in [3.05, 3.63) is 29.8 Å². The molecule has 1 aromatic carbocycles. The van der Waals surface area contributed by atoms with Crippen molar-refractivity contribution >= 4 is 5.91 Å². The minimum Gasteiger partial charge on any atom is -0.494 e. The molecule has 138 valence electrons. The number of benzene rings is 1. The standard InChI is InChI=1S/C21H31NO3/c1-5-24-17-9-7-16(8-10-17)20-13-21(4,22-15(3)23)18-11-6-14(2)12-19(18)25-20/h7-10,14,18-20H,5-6,11-13H2,1-4H3,(H,22,23)/t14-,18-,19-,20-,21-/m1/s1. The van der Waals surface area contributed by atoms with Crippen LogP contribution in [-0.4, -0.2) is 24.2 Å². The third-order valence-electron chi connectivity index (χ3n) is 5.85. The molecule has 1 heterocycles. The molecule has 25 heavy (non-hydrogen) atoms. The van der Waals surface area contributed by atoms with Crippen molar-refractivity contribution < 1.29 is 14.3 Å². The summed E-state index contributed by atoms with van der Waals surface area (Å²) in [5.41, 5.74) is 0.953. The Balaban J connectivity index is 1.84. The van der Waals surface area contributed by atoms with E-state index < -0.39 is 0 Å². The van der Waals surface area contributed by atoms with E-state index in [0.29, 0.717) is 18.4 Å². The van der Waals surface area contributed by atoms with Gasteiger partial charge < -0.3 is 14.8 Å². The molecule has 0 bridgehead atoms. The van der Waals surface area contributed by atoms with Crippen LogP contribution in [0.3, 0.4) is 0 Å². The second-order valence-electron chi connectivity index (χ2n) is 7.99. The molecule has 1 amide bonds. The average molecular weight is 345 g/mol. The highest BCUT2D eigenvalue weighted by Gasteiger charge is 2.49. The smallest absolute Gasteiger partial charge is 0.217 e. The van der Waals surface area contributed by atoms with Gasteiger partial charge in [-0.05, 0) is 50.3 Å². The van der Waals surface area contributed by atoms with Gasteiger partial charge in [0.15, 0.2) is 0 Å². The van der Waals surface area contributed by atoms with Gasteiger partial charge in [0.1, 0.15) is 5.75 Å². The predicted octanol–water partition coefficient (Wildman–Crippen LogP) is 4.25. The number of fused-ring (bicyclic) bond motifs is 1. The highest BCUT2D eigenvalue weighted by Crippen LogP contribution is 2.47. The van der Waals surface area contributed by atoms with E-state index >= 15 is 0 Å². The zero-order valence-electron chi connectivity index (χ0n) is 15.9. The maximum atomic E-state index is 11.8. The minimum absolute atomic E-state index is 0.0130. The third-order valence-corrected chi connectivity index (χ3v) is 5.85. The summed E-state index contributed by atoms with van der Waals surface area (Å²) in [7, 11) is 0. The van der Waals surface area contributed by atoms with Crippen LogP contribution in [0.2, 0.25) is 0 Å². The zero-order valence-corrected chi connectivity index (χ0v) is 15.9. The molecule has 1 saturated carbocycles. The molecule has 5 atom stereocenters. The molecule has 4 nitrogen and oxygen atoms in total.